The maximum atomic E-state index is 5.95. The lowest BCUT2D eigenvalue weighted by molar-refractivity contribution is 0.313. The number of piperidine rings is 1. The van der Waals surface area contributed by atoms with E-state index in [1.807, 2.05) is 18.2 Å². The fourth-order valence-electron chi connectivity index (χ4n) is 4.21. The predicted molar refractivity (Wildman–Crippen MR) is 106 cm³/mol. The summed E-state index contributed by atoms with van der Waals surface area (Å²) in [7, 11) is 0. The molecule has 2 fully saturated rings. The molecule has 0 aliphatic carbocycles. The molecule has 1 N–H and O–H groups in total. The molecule has 0 bridgehead atoms. The summed E-state index contributed by atoms with van der Waals surface area (Å²) in [6.45, 7) is 5.88. The van der Waals surface area contributed by atoms with Gasteiger partial charge < -0.3 is 10.1 Å². The van der Waals surface area contributed by atoms with Crippen LogP contribution in [0.15, 0.2) is 48.5 Å². The van der Waals surface area contributed by atoms with Crippen LogP contribution in [0.2, 0.25) is 0 Å². The lowest BCUT2D eigenvalue weighted by Crippen LogP contribution is -2.35. The van der Waals surface area contributed by atoms with Crippen molar-refractivity contribution in [2.45, 2.75) is 13.0 Å². The van der Waals surface area contributed by atoms with E-state index in [0.717, 1.165) is 34.3 Å². The van der Waals surface area contributed by atoms with Gasteiger partial charge in [-0.25, -0.2) is 4.98 Å². The lowest BCUT2D eigenvalue weighted by Gasteiger charge is -2.24. The Bertz CT molecular complexity index is 845. The molecule has 4 nitrogen and oxygen atoms in total. The van der Waals surface area contributed by atoms with Gasteiger partial charge in [-0.15, -0.1) is 0 Å². The molecule has 1 aromatic heterocycles. The van der Waals surface area contributed by atoms with Gasteiger partial charge in [0.2, 0.25) is 0 Å². The van der Waals surface area contributed by atoms with E-state index in [0.29, 0.717) is 5.19 Å². The number of ether oxygens (including phenoxy) is 1. The number of nitrogens with one attached hydrogen (secondary N) is 1. The van der Waals surface area contributed by atoms with Crippen LogP contribution < -0.4 is 10.1 Å². The number of fused-ring (bicyclic) bond motifs is 2. The molecule has 2 aromatic carbocycles. The summed E-state index contributed by atoms with van der Waals surface area (Å²) in [6.07, 6.45) is 1.33. The summed E-state index contributed by atoms with van der Waals surface area (Å²) in [5.41, 5.74) is 2.35. The summed E-state index contributed by atoms with van der Waals surface area (Å²) < 4.78 is 7.11. The molecule has 2 saturated heterocycles. The van der Waals surface area contributed by atoms with Crippen LogP contribution in [-0.2, 0) is 6.54 Å². The lowest BCUT2D eigenvalue weighted by atomic mass is 9.90. The van der Waals surface area contributed by atoms with Gasteiger partial charge in [-0.3, -0.25) is 4.90 Å². The van der Waals surface area contributed by atoms with Gasteiger partial charge in [0, 0.05) is 19.6 Å². The second-order valence-corrected chi connectivity index (χ2v) is 8.39. The molecule has 5 heteroatoms. The van der Waals surface area contributed by atoms with Gasteiger partial charge in [-0.1, -0.05) is 35.6 Å². The summed E-state index contributed by atoms with van der Waals surface area (Å²) in [5.74, 6) is 2.58. The average Bonchev–Trinajstić information content (AvgIpc) is 3.25. The number of nitrogens with zero attached hydrogens (tertiary/aromatic N) is 2. The Morgan fingerprint density at radius 3 is 2.77 bits per heavy atom. The van der Waals surface area contributed by atoms with E-state index in [-0.39, 0.29) is 0 Å². The van der Waals surface area contributed by atoms with Crippen LogP contribution in [0.5, 0.6) is 10.9 Å². The van der Waals surface area contributed by atoms with E-state index in [9.17, 15) is 0 Å². The van der Waals surface area contributed by atoms with Crippen LogP contribution in [0.4, 0.5) is 0 Å². The van der Waals surface area contributed by atoms with Crippen LogP contribution in [0.25, 0.3) is 10.2 Å². The Labute approximate surface area is 157 Å². The molecule has 2 unspecified atom stereocenters. The maximum Gasteiger partial charge on any atom is 0.279 e. The van der Waals surface area contributed by atoms with Gasteiger partial charge >= 0.3 is 0 Å². The highest BCUT2D eigenvalue weighted by atomic mass is 32.1. The number of benzene rings is 2. The number of hydrogen-bond donors (Lipinski definition) is 1. The van der Waals surface area contributed by atoms with Crippen molar-refractivity contribution in [2.75, 3.05) is 26.2 Å². The molecule has 3 heterocycles. The summed E-state index contributed by atoms with van der Waals surface area (Å²) in [5, 5.41) is 4.24. The zero-order chi connectivity index (χ0) is 17.3. The Balaban J connectivity index is 1.23. The first-order valence-corrected chi connectivity index (χ1v) is 10.2. The quantitative estimate of drug-likeness (QED) is 0.754. The molecule has 134 valence electrons. The monoisotopic (exact) mass is 365 g/mol. The zero-order valence-corrected chi connectivity index (χ0v) is 15.5. The normalized spacial score (nSPS) is 23.2. The molecule has 0 spiro atoms. The van der Waals surface area contributed by atoms with Crippen molar-refractivity contribution in [3.63, 3.8) is 0 Å². The fourth-order valence-corrected chi connectivity index (χ4v) is 5.05. The Morgan fingerprint density at radius 2 is 1.92 bits per heavy atom. The van der Waals surface area contributed by atoms with Crippen molar-refractivity contribution < 1.29 is 4.74 Å². The first kappa shape index (κ1) is 16.2. The minimum absolute atomic E-state index is 0.704. The van der Waals surface area contributed by atoms with Gasteiger partial charge in [0.25, 0.3) is 5.19 Å². The number of rotatable bonds is 4. The van der Waals surface area contributed by atoms with Crippen LogP contribution in [0.3, 0.4) is 0 Å². The van der Waals surface area contributed by atoms with Crippen LogP contribution >= 0.6 is 11.3 Å². The van der Waals surface area contributed by atoms with Gasteiger partial charge in [0.15, 0.2) is 0 Å². The van der Waals surface area contributed by atoms with E-state index < -0.39 is 0 Å². The van der Waals surface area contributed by atoms with Crippen LogP contribution in [0.1, 0.15) is 12.0 Å². The third-order valence-electron chi connectivity index (χ3n) is 5.56. The number of likely N-dealkylation sites (tertiary alicyclic amines) is 1. The highest BCUT2D eigenvalue weighted by Gasteiger charge is 2.33. The van der Waals surface area contributed by atoms with E-state index in [4.69, 9.17) is 4.74 Å². The highest BCUT2D eigenvalue weighted by molar-refractivity contribution is 7.20. The van der Waals surface area contributed by atoms with Crippen molar-refractivity contribution in [2.24, 2.45) is 11.8 Å². The molecule has 2 atom stereocenters. The fraction of sp³-hybridized carbons (Fsp3) is 0.381. The first-order valence-electron chi connectivity index (χ1n) is 9.39. The third kappa shape index (κ3) is 3.34. The summed E-state index contributed by atoms with van der Waals surface area (Å²) in [4.78, 5) is 7.14. The van der Waals surface area contributed by atoms with Crippen molar-refractivity contribution in [1.82, 2.24) is 15.2 Å². The Morgan fingerprint density at radius 1 is 1.08 bits per heavy atom. The molecule has 26 heavy (non-hydrogen) atoms. The smallest absolute Gasteiger partial charge is 0.279 e. The van der Waals surface area contributed by atoms with Gasteiger partial charge in [-0.2, -0.15) is 0 Å². The Kier molecular flexibility index (Phi) is 4.36. The standard InChI is InChI=1S/C21H23N3OS/c1-2-4-20-19(3-1)23-21(26-20)25-18-7-5-15(6-8-18)12-24-13-16-9-10-22-11-17(16)14-24/h1-8,16-17,22H,9-14H2. The predicted octanol–water partition coefficient (Wildman–Crippen LogP) is 4.13. The van der Waals surface area contributed by atoms with Gasteiger partial charge in [0.1, 0.15) is 5.75 Å². The number of thiazole rings is 1. The maximum absolute atomic E-state index is 5.95. The first-order chi connectivity index (χ1) is 12.8. The number of para-hydroxylation sites is 1. The minimum Gasteiger partial charge on any atom is -0.431 e. The largest absolute Gasteiger partial charge is 0.431 e. The molecule has 2 aliphatic rings. The second-order valence-electron chi connectivity index (χ2n) is 7.40. The molecular formula is C21H23N3OS. The van der Waals surface area contributed by atoms with Crippen molar-refractivity contribution in [3.8, 4) is 10.9 Å². The molecule has 2 aliphatic heterocycles. The second kappa shape index (κ2) is 6.99. The molecule has 0 amide bonds. The van der Waals surface area contributed by atoms with Crippen molar-refractivity contribution >= 4 is 21.6 Å². The topological polar surface area (TPSA) is 37.4 Å². The summed E-state index contributed by atoms with van der Waals surface area (Å²) in [6, 6.07) is 16.6. The third-order valence-corrected chi connectivity index (χ3v) is 6.47. The average molecular weight is 366 g/mol. The Hall–Kier alpha value is -1.95. The van der Waals surface area contributed by atoms with Crippen LogP contribution in [0, 0.1) is 11.8 Å². The highest BCUT2D eigenvalue weighted by Crippen LogP contribution is 2.32. The SMILES string of the molecule is c1ccc2sc(Oc3ccc(CN4CC5CCNCC5C4)cc3)nc2c1. The van der Waals surface area contributed by atoms with Gasteiger partial charge in [0.05, 0.1) is 10.2 Å². The van der Waals surface area contributed by atoms with E-state index in [1.165, 1.54) is 38.2 Å². The number of hydrogen-bond acceptors (Lipinski definition) is 5. The van der Waals surface area contributed by atoms with E-state index in [2.05, 4.69) is 45.5 Å². The van der Waals surface area contributed by atoms with E-state index >= 15 is 0 Å². The zero-order valence-electron chi connectivity index (χ0n) is 14.7. The summed E-state index contributed by atoms with van der Waals surface area (Å²) >= 11 is 1.59. The van der Waals surface area contributed by atoms with Crippen molar-refractivity contribution in [1.29, 1.82) is 0 Å². The minimum atomic E-state index is 0.704. The molecule has 5 rings (SSSR count). The molecular weight excluding hydrogens is 342 g/mol. The number of aromatic nitrogens is 1. The van der Waals surface area contributed by atoms with Gasteiger partial charge in [-0.05, 0) is 61.2 Å². The molecule has 0 radical (unpaired) electrons. The van der Waals surface area contributed by atoms with E-state index in [1.54, 1.807) is 11.3 Å². The molecule has 3 aromatic rings. The van der Waals surface area contributed by atoms with Crippen LogP contribution in [-0.4, -0.2) is 36.1 Å². The molecule has 0 saturated carbocycles. The van der Waals surface area contributed by atoms with Crippen molar-refractivity contribution in [3.05, 3.63) is 54.1 Å².